The number of aromatic nitrogens is 2. The SMILES string of the molecule is CSc1ccc2c3ccc4c(ccc5c6ccc(SC)cc6n(C)c54)c3n(C)c2c1. The van der Waals surface area contributed by atoms with Crippen LogP contribution in [0.1, 0.15) is 0 Å². The molecule has 30 heavy (non-hydrogen) atoms. The molecule has 0 unspecified atom stereocenters. The molecule has 0 bridgehead atoms. The lowest BCUT2D eigenvalue weighted by molar-refractivity contribution is 1.01. The highest BCUT2D eigenvalue weighted by atomic mass is 32.2. The van der Waals surface area contributed by atoms with Crippen molar-refractivity contribution in [3.63, 3.8) is 0 Å². The highest BCUT2D eigenvalue weighted by Crippen LogP contribution is 2.40. The second kappa shape index (κ2) is 6.47. The Morgan fingerprint density at radius 2 is 0.833 bits per heavy atom. The largest absolute Gasteiger partial charge is 0.343 e. The van der Waals surface area contributed by atoms with E-state index in [-0.39, 0.29) is 0 Å². The Morgan fingerprint density at radius 3 is 1.20 bits per heavy atom. The first-order valence-corrected chi connectivity index (χ1v) is 12.5. The van der Waals surface area contributed by atoms with E-state index >= 15 is 0 Å². The van der Waals surface area contributed by atoms with Gasteiger partial charge in [0.1, 0.15) is 0 Å². The van der Waals surface area contributed by atoms with Gasteiger partial charge in [0.25, 0.3) is 0 Å². The third-order valence-corrected chi connectivity index (χ3v) is 7.98. The van der Waals surface area contributed by atoms with Crippen molar-refractivity contribution in [1.29, 1.82) is 0 Å². The van der Waals surface area contributed by atoms with Crippen molar-refractivity contribution in [2.24, 2.45) is 14.1 Å². The van der Waals surface area contributed by atoms with Crippen LogP contribution in [0.5, 0.6) is 0 Å². The molecule has 0 spiro atoms. The fourth-order valence-electron chi connectivity index (χ4n) is 5.06. The fraction of sp³-hybridized carbons (Fsp3) is 0.154. The number of benzene rings is 4. The summed E-state index contributed by atoms with van der Waals surface area (Å²) in [5.74, 6) is 0. The van der Waals surface area contributed by atoms with Gasteiger partial charge in [-0.05, 0) is 36.8 Å². The molecule has 0 atom stereocenters. The van der Waals surface area contributed by atoms with E-state index in [4.69, 9.17) is 0 Å². The molecule has 0 saturated carbocycles. The third-order valence-electron chi connectivity index (χ3n) is 6.53. The summed E-state index contributed by atoms with van der Waals surface area (Å²) < 4.78 is 4.74. The van der Waals surface area contributed by atoms with Crippen molar-refractivity contribution in [2.45, 2.75) is 9.79 Å². The van der Waals surface area contributed by atoms with Gasteiger partial charge in [-0.3, -0.25) is 0 Å². The van der Waals surface area contributed by atoms with Gasteiger partial charge < -0.3 is 9.13 Å². The second-order valence-electron chi connectivity index (χ2n) is 7.90. The van der Waals surface area contributed by atoms with E-state index in [1.807, 2.05) is 0 Å². The maximum atomic E-state index is 2.37. The van der Waals surface area contributed by atoms with E-state index in [1.54, 1.807) is 23.5 Å². The lowest BCUT2D eigenvalue weighted by atomic mass is 10.0. The van der Waals surface area contributed by atoms with Gasteiger partial charge in [0.2, 0.25) is 0 Å². The summed E-state index contributed by atoms with van der Waals surface area (Å²) in [6, 6.07) is 22.9. The van der Waals surface area contributed by atoms with Crippen molar-refractivity contribution < 1.29 is 0 Å². The highest BCUT2D eigenvalue weighted by molar-refractivity contribution is 7.98. The zero-order chi connectivity index (χ0) is 20.6. The smallest absolute Gasteiger partial charge is 0.0569 e. The number of aryl methyl sites for hydroxylation is 2. The first kappa shape index (κ1) is 18.2. The first-order chi connectivity index (χ1) is 14.6. The third kappa shape index (κ3) is 2.29. The molecule has 0 N–H and O–H groups in total. The van der Waals surface area contributed by atoms with Crippen LogP contribution in [0.25, 0.3) is 54.4 Å². The number of fused-ring (bicyclic) bond motifs is 9. The Bertz CT molecular complexity index is 1510. The van der Waals surface area contributed by atoms with E-state index in [0.717, 1.165) is 0 Å². The summed E-state index contributed by atoms with van der Waals surface area (Å²) in [5.41, 5.74) is 5.23. The van der Waals surface area contributed by atoms with Crippen LogP contribution in [0.15, 0.2) is 70.5 Å². The van der Waals surface area contributed by atoms with Crippen LogP contribution in [-0.2, 0) is 14.1 Å². The molecule has 0 amide bonds. The number of nitrogens with zero attached hydrogens (tertiary/aromatic N) is 2. The van der Waals surface area contributed by atoms with Gasteiger partial charge in [0, 0.05) is 67.2 Å². The Hall–Kier alpha value is -2.56. The molecule has 4 aromatic carbocycles. The van der Waals surface area contributed by atoms with Gasteiger partial charge >= 0.3 is 0 Å². The van der Waals surface area contributed by atoms with Gasteiger partial charge in [0.15, 0.2) is 0 Å². The summed E-state index contributed by atoms with van der Waals surface area (Å²) in [5, 5.41) is 7.95. The van der Waals surface area contributed by atoms with E-state index in [2.05, 4.69) is 96.4 Å². The summed E-state index contributed by atoms with van der Waals surface area (Å²) in [4.78, 5) is 2.61. The van der Waals surface area contributed by atoms with Crippen LogP contribution in [0.4, 0.5) is 0 Å². The van der Waals surface area contributed by atoms with Gasteiger partial charge in [-0.1, -0.05) is 36.4 Å². The molecule has 0 radical (unpaired) electrons. The molecule has 0 aliphatic rings. The molecular formula is C26H22N2S2. The van der Waals surface area contributed by atoms with Crippen molar-refractivity contribution in [3.05, 3.63) is 60.7 Å². The number of thioether (sulfide) groups is 2. The number of hydrogen-bond acceptors (Lipinski definition) is 2. The minimum atomic E-state index is 1.30. The Morgan fingerprint density at radius 1 is 0.500 bits per heavy atom. The van der Waals surface area contributed by atoms with Crippen LogP contribution in [-0.4, -0.2) is 21.6 Å². The highest BCUT2D eigenvalue weighted by Gasteiger charge is 2.16. The van der Waals surface area contributed by atoms with Crippen LogP contribution >= 0.6 is 23.5 Å². The van der Waals surface area contributed by atoms with Crippen LogP contribution in [0.2, 0.25) is 0 Å². The molecule has 0 aliphatic heterocycles. The molecule has 148 valence electrons. The molecule has 2 aromatic heterocycles. The van der Waals surface area contributed by atoms with E-state index in [9.17, 15) is 0 Å². The first-order valence-electron chi connectivity index (χ1n) is 10.1. The standard InChI is InChI=1S/C26H22N2S2/c1-27-23-13-15(29-3)5-7-17(23)19-9-12-22-21(25(19)27)11-10-20-18-8-6-16(30-4)14-24(18)28(2)26(20)22/h5-14H,1-4H3. The summed E-state index contributed by atoms with van der Waals surface area (Å²) in [7, 11) is 4.40. The summed E-state index contributed by atoms with van der Waals surface area (Å²) in [6.07, 6.45) is 4.27. The van der Waals surface area contributed by atoms with Crippen LogP contribution in [0.3, 0.4) is 0 Å². The molecule has 2 heterocycles. The van der Waals surface area contributed by atoms with Gasteiger partial charge in [-0.15, -0.1) is 23.5 Å². The molecular weight excluding hydrogens is 404 g/mol. The number of rotatable bonds is 2. The zero-order valence-corrected chi connectivity index (χ0v) is 19.1. The van der Waals surface area contributed by atoms with Crippen molar-refractivity contribution in [3.8, 4) is 0 Å². The predicted octanol–water partition coefficient (Wildman–Crippen LogP) is 7.57. The quantitative estimate of drug-likeness (QED) is 0.264. The summed E-state index contributed by atoms with van der Waals surface area (Å²) in [6.45, 7) is 0. The maximum absolute atomic E-state index is 2.37. The van der Waals surface area contributed by atoms with Crippen molar-refractivity contribution in [2.75, 3.05) is 12.5 Å². The number of hydrogen-bond donors (Lipinski definition) is 0. The van der Waals surface area contributed by atoms with Gasteiger partial charge in [-0.2, -0.15) is 0 Å². The minimum absolute atomic E-state index is 1.30. The molecule has 0 fully saturated rings. The molecule has 0 aliphatic carbocycles. The Balaban J connectivity index is 1.79. The summed E-state index contributed by atoms with van der Waals surface area (Å²) >= 11 is 3.59. The topological polar surface area (TPSA) is 9.86 Å². The molecule has 6 aromatic rings. The van der Waals surface area contributed by atoms with Crippen LogP contribution in [0, 0.1) is 0 Å². The normalized spacial score (nSPS) is 12.3. The van der Waals surface area contributed by atoms with E-state index < -0.39 is 0 Å². The predicted molar refractivity (Wildman–Crippen MR) is 135 cm³/mol. The Labute approximate surface area is 183 Å². The average Bonchev–Trinajstić information content (AvgIpc) is 3.24. The molecule has 2 nitrogen and oxygen atoms in total. The zero-order valence-electron chi connectivity index (χ0n) is 17.5. The molecule has 4 heteroatoms. The van der Waals surface area contributed by atoms with Gasteiger partial charge in [-0.25, -0.2) is 0 Å². The van der Waals surface area contributed by atoms with Crippen LogP contribution < -0.4 is 0 Å². The lowest BCUT2D eigenvalue weighted by Gasteiger charge is -2.07. The average molecular weight is 427 g/mol. The van der Waals surface area contributed by atoms with Crippen molar-refractivity contribution in [1.82, 2.24) is 9.13 Å². The minimum Gasteiger partial charge on any atom is -0.343 e. The monoisotopic (exact) mass is 426 g/mol. The molecule has 6 rings (SSSR count). The Kier molecular flexibility index (Phi) is 3.93. The van der Waals surface area contributed by atoms with E-state index in [0.29, 0.717) is 0 Å². The van der Waals surface area contributed by atoms with E-state index in [1.165, 1.54) is 64.2 Å². The lowest BCUT2D eigenvalue weighted by Crippen LogP contribution is -1.91. The van der Waals surface area contributed by atoms with Gasteiger partial charge in [0.05, 0.1) is 11.0 Å². The fourth-order valence-corrected chi connectivity index (χ4v) is 5.93. The van der Waals surface area contributed by atoms with Crippen molar-refractivity contribution >= 4 is 77.9 Å². The maximum Gasteiger partial charge on any atom is 0.0569 e. The molecule has 0 saturated heterocycles. The second-order valence-corrected chi connectivity index (χ2v) is 9.66.